The Morgan fingerprint density at radius 2 is 2.28 bits per heavy atom. The molecule has 2 N–H and O–H groups in total. The van der Waals surface area contributed by atoms with Gasteiger partial charge < -0.3 is 10.4 Å². The van der Waals surface area contributed by atoms with Crippen LogP contribution in [0.1, 0.15) is 41.7 Å². The number of hydrogen-bond donors (Lipinski definition) is 2. The van der Waals surface area contributed by atoms with Gasteiger partial charge in [0.15, 0.2) is 0 Å². The molecule has 1 aromatic heterocycles. The Kier molecular flexibility index (Phi) is 4.31. The first kappa shape index (κ1) is 13.0. The molecule has 18 heavy (non-hydrogen) atoms. The molecule has 98 valence electrons. The summed E-state index contributed by atoms with van der Waals surface area (Å²) in [5, 5.41) is 12.4. The quantitative estimate of drug-likeness (QED) is 0.855. The number of hydrogen-bond acceptors (Lipinski definition) is 3. The fourth-order valence-electron chi connectivity index (χ4n) is 2.59. The SMILES string of the molecule is Cc1ncccc1C(=O)NC1CCCCC1CO. The van der Waals surface area contributed by atoms with Gasteiger partial charge in [-0.25, -0.2) is 0 Å². The molecule has 0 saturated heterocycles. The van der Waals surface area contributed by atoms with E-state index in [0.717, 1.165) is 31.4 Å². The summed E-state index contributed by atoms with van der Waals surface area (Å²) in [4.78, 5) is 16.3. The molecule has 2 atom stereocenters. The smallest absolute Gasteiger partial charge is 0.253 e. The first-order valence-electron chi connectivity index (χ1n) is 6.55. The highest BCUT2D eigenvalue weighted by Gasteiger charge is 2.26. The number of pyridine rings is 1. The van der Waals surface area contributed by atoms with Gasteiger partial charge in [-0.3, -0.25) is 9.78 Å². The lowest BCUT2D eigenvalue weighted by Crippen LogP contribution is -2.43. The van der Waals surface area contributed by atoms with Gasteiger partial charge in [0.25, 0.3) is 5.91 Å². The molecule has 1 heterocycles. The number of nitrogens with one attached hydrogen (secondary N) is 1. The largest absolute Gasteiger partial charge is 0.396 e. The van der Waals surface area contributed by atoms with E-state index >= 15 is 0 Å². The van der Waals surface area contributed by atoms with Crippen LogP contribution < -0.4 is 5.32 Å². The van der Waals surface area contributed by atoms with Crippen molar-refractivity contribution in [2.24, 2.45) is 5.92 Å². The predicted molar refractivity (Wildman–Crippen MR) is 69.3 cm³/mol. The molecule has 1 aromatic rings. The summed E-state index contributed by atoms with van der Waals surface area (Å²) < 4.78 is 0. The molecule has 4 heteroatoms. The van der Waals surface area contributed by atoms with Crippen LogP contribution in [0.2, 0.25) is 0 Å². The highest BCUT2D eigenvalue weighted by atomic mass is 16.3. The van der Waals surface area contributed by atoms with Crippen LogP contribution in [0.3, 0.4) is 0 Å². The van der Waals surface area contributed by atoms with Crippen molar-refractivity contribution in [2.45, 2.75) is 38.6 Å². The number of rotatable bonds is 3. The fraction of sp³-hybridized carbons (Fsp3) is 0.571. The summed E-state index contributed by atoms with van der Waals surface area (Å²) >= 11 is 0. The second-order valence-corrected chi connectivity index (χ2v) is 4.94. The third-order valence-electron chi connectivity index (χ3n) is 3.71. The first-order valence-corrected chi connectivity index (χ1v) is 6.55. The van der Waals surface area contributed by atoms with Crippen LogP contribution in [0.4, 0.5) is 0 Å². The van der Waals surface area contributed by atoms with Crippen LogP contribution in [0.25, 0.3) is 0 Å². The monoisotopic (exact) mass is 248 g/mol. The zero-order valence-electron chi connectivity index (χ0n) is 10.7. The Morgan fingerprint density at radius 3 is 3.00 bits per heavy atom. The van der Waals surface area contributed by atoms with Crippen LogP contribution in [-0.2, 0) is 0 Å². The average molecular weight is 248 g/mol. The maximum atomic E-state index is 12.2. The highest BCUT2D eigenvalue weighted by Crippen LogP contribution is 2.24. The van der Waals surface area contributed by atoms with Gasteiger partial charge >= 0.3 is 0 Å². The van der Waals surface area contributed by atoms with Gasteiger partial charge in [0.1, 0.15) is 0 Å². The lowest BCUT2D eigenvalue weighted by atomic mass is 9.85. The molecule has 4 nitrogen and oxygen atoms in total. The van der Waals surface area contributed by atoms with Crippen LogP contribution in [0, 0.1) is 12.8 Å². The molecule has 0 aromatic carbocycles. The topological polar surface area (TPSA) is 62.2 Å². The molecule has 2 unspecified atom stereocenters. The predicted octanol–water partition coefficient (Wildman–Crippen LogP) is 1.67. The number of nitrogens with zero attached hydrogens (tertiary/aromatic N) is 1. The summed E-state index contributed by atoms with van der Waals surface area (Å²) in [6.07, 6.45) is 5.89. The van der Waals surface area contributed by atoms with Gasteiger partial charge in [-0.1, -0.05) is 12.8 Å². The van der Waals surface area contributed by atoms with Crippen LogP contribution in [0.5, 0.6) is 0 Å². The minimum atomic E-state index is -0.0778. The van der Waals surface area contributed by atoms with Crippen LogP contribution in [-0.4, -0.2) is 28.6 Å². The van der Waals surface area contributed by atoms with Crippen molar-refractivity contribution in [3.05, 3.63) is 29.6 Å². The second kappa shape index (κ2) is 5.96. The Balaban J connectivity index is 2.04. The van der Waals surface area contributed by atoms with Gasteiger partial charge in [-0.15, -0.1) is 0 Å². The van der Waals surface area contributed by atoms with Gasteiger partial charge in [-0.2, -0.15) is 0 Å². The van der Waals surface area contributed by atoms with Crippen molar-refractivity contribution in [3.8, 4) is 0 Å². The van der Waals surface area contributed by atoms with Crippen molar-refractivity contribution in [1.82, 2.24) is 10.3 Å². The number of amides is 1. The standard InChI is InChI=1S/C14H20N2O2/c1-10-12(6-4-8-15-10)14(18)16-13-7-3-2-5-11(13)9-17/h4,6,8,11,13,17H,2-3,5,7,9H2,1H3,(H,16,18). The van der Waals surface area contributed by atoms with Crippen molar-refractivity contribution in [1.29, 1.82) is 0 Å². The molecule has 0 aliphatic heterocycles. The average Bonchev–Trinajstić information content (AvgIpc) is 2.39. The number of aromatic nitrogens is 1. The van der Waals surface area contributed by atoms with E-state index in [1.165, 1.54) is 0 Å². The van der Waals surface area contributed by atoms with E-state index in [4.69, 9.17) is 0 Å². The van der Waals surface area contributed by atoms with E-state index in [2.05, 4.69) is 10.3 Å². The zero-order valence-corrected chi connectivity index (χ0v) is 10.7. The highest BCUT2D eigenvalue weighted by molar-refractivity contribution is 5.95. The molecule has 0 spiro atoms. The van der Waals surface area contributed by atoms with Crippen LogP contribution >= 0.6 is 0 Å². The molecule has 1 aliphatic carbocycles. The third-order valence-corrected chi connectivity index (χ3v) is 3.71. The molecule has 0 radical (unpaired) electrons. The Morgan fingerprint density at radius 1 is 1.50 bits per heavy atom. The van der Waals surface area contributed by atoms with Crippen molar-refractivity contribution >= 4 is 5.91 Å². The van der Waals surface area contributed by atoms with Crippen molar-refractivity contribution in [3.63, 3.8) is 0 Å². The fourth-order valence-corrected chi connectivity index (χ4v) is 2.59. The minimum absolute atomic E-state index is 0.0778. The lowest BCUT2D eigenvalue weighted by Gasteiger charge is -2.30. The van der Waals surface area contributed by atoms with Gasteiger partial charge in [0.2, 0.25) is 0 Å². The molecule has 1 aliphatic rings. The van der Waals surface area contributed by atoms with Crippen molar-refractivity contribution in [2.75, 3.05) is 6.61 Å². The van der Waals surface area contributed by atoms with E-state index in [1.54, 1.807) is 18.3 Å². The maximum absolute atomic E-state index is 12.2. The van der Waals surface area contributed by atoms with Gasteiger partial charge in [0.05, 0.1) is 5.56 Å². The Bertz CT molecular complexity index is 420. The molecule has 1 fully saturated rings. The van der Waals surface area contributed by atoms with E-state index in [-0.39, 0.29) is 24.5 Å². The lowest BCUT2D eigenvalue weighted by molar-refractivity contribution is 0.0871. The van der Waals surface area contributed by atoms with E-state index in [9.17, 15) is 9.90 Å². The summed E-state index contributed by atoms with van der Waals surface area (Å²) in [6, 6.07) is 3.65. The number of aryl methyl sites for hydroxylation is 1. The summed E-state index contributed by atoms with van der Waals surface area (Å²) in [7, 11) is 0. The number of aliphatic hydroxyl groups excluding tert-OH is 1. The molecule has 0 bridgehead atoms. The Hall–Kier alpha value is -1.42. The van der Waals surface area contributed by atoms with E-state index in [1.807, 2.05) is 6.92 Å². The van der Waals surface area contributed by atoms with E-state index < -0.39 is 0 Å². The van der Waals surface area contributed by atoms with Crippen molar-refractivity contribution < 1.29 is 9.90 Å². The molecule has 2 rings (SSSR count). The van der Waals surface area contributed by atoms with Crippen LogP contribution in [0.15, 0.2) is 18.3 Å². The normalized spacial score (nSPS) is 23.7. The molecule has 1 saturated carbocycles. The van der Waals surface area contributed by atoms with E-state index in [0.29, 0.717) is 5.56 Å². The summed E-state index contributed by atoms with van der Waals surface area (Å²) in [6.45, 7) is 1.98. The van der Waals surface area contributed by atoms with Gasteiger partial charge in [0, 0.05) is 30.5 Å². The number of carbonyl (C=O) groups is 1. The summed E-state index contributed by atoms with van der Waals surface area (Å²) in [5.41, 5.74) is 1.37. The number of carbonyl (C=O) groups excluding carboxylic acids is 1. The summed E-state index contributed by atoms with van der Waals surface area (Å²) in [5.74, 6) is 0.116. The maximum Gasteiger partial charge on any atom is 0.253 e. The number of aliphatic hydroxyl groups is 1. The molecule has 1 amide bonds. The third kappa shape index (κ3) is 2.88. The first-order chi connectivity index (χ1) is 8.72. The second-order valence-electron chi connectivity index (χ2n) is 4.94. The minimum Gasteiger partial charge on any atom is -0.396 e. The molecular weight excluding hydrogens is 228 g/mol. The Labute approximate surface area is 107 Å². The zero-order chi connectivity index (χ0) is 13.0. The van der Waals surface area contributed by atoms with Gasteiger partial charge in [-0.05, 0) is 31.9 Å². The molecular formula is C14H20N2O2.